The first kappa shape index (κ1) is 15.5. The van der Waals surface area contributed by atoms with Crippen LogP contribution >= 0.6 is 0 Å². The molecule has 0 aliphatic heterocycles. The Hall–Kier alpha value is -2.42. The summed E-state index contributed by atoms with van der Waals surface area (Å²) < 4.78 is 0. The normalized spacial score (nSPS) is 12.8. The zero-order valence-corrected chi connectivity index (χ0v) is 13.2. The molecule has 0 fully saturated rings. The van der Waals surface area contributed by atoms with Gasteiger partial charge in [-0.05, 0) is 23.7 Å². The Morgan fingerprint density at radius 1 is 0.696 bits per heavy atom. The summed E-state index contributed by atoms with van der Waals surface area (Å²) in [6, 6.07) is 29.5. The van der Waals surface area contributed by atoms with Gasteiger partial charge in [0.25, 0.3) is 0 Å². The van der Waals surface area contributed by atoms with Crippen molar-refractivity contribution in [1.29, 1.82) is 0 Å². The lowest BCUT2D eigenvalue weighted by Crippen LogP contribution is -2.41. The van der Waals surface area contributed by atoms with E-state index in [0.717, 1.165) is 16.7 Å². The first-order chi connectivity index (χ1) is 11.3. The molecule has 0 radical (unpaired) electrons. The maximum absolute atomic E-state index is 11.8. The van der Waals surface area contributed by atoms with Gasteiger partial charge in [0.05, 0.1) is 6.04 Å². The standard InChI is InChI=1S/C21H21NO/c1-22-20(17-11-5-2-6-12-17)21(23,18-13-7-3-8-14-18)19-15-9-4-10-16-19/h2-16,20,22-23H,1H3/t20-/m0/s1. The lowest BCUT2D eigenvalue weighted by atomic mass is 9.77. The van der Waals surface area contributed by atoms with Crippen LogP contribution in [0.15, 0.2) is 91.0 Å². The Balaban J connectivity index is 2.19. The van der Waals surface area contributed by atoms with Crippen molar-refractivity contribution < 1.29 is 5.11 Å². The largest absolute Gasteiger partial charge is 0.378 e. The zero-order valence-electron chi connectivity index (χ0n) is 13.2. The number of aliphatic hydroxyl groups is 1. The van der Waals surface area contributed by atoms with Crippen molar-refractivity contribution >= 4 is 0 Å². The van der Waals surface area contributed by atoms with Crippen molar-refractivity contribution in [2.75, 3.05) is 7.05 Å². The fraction of sp³-hybridized carbons (Fsp3) is 0.143. The molecule has 3 aromatic carbocycles. The van der Waals surface area contributed by atoms with Crippen molar-refractivity contribution in [3.05, 3.63) is 108 Å². The van der Waals surface area contributed by atoms with Crippen molar-refractivity contribution in [2.45, 2.75) is 11.6 Å². The topological polar surface area (TPSA) is 32.3 Å². The molecule has 2 nitrogen and oxygen atoms in total. The SMILES string of the molecule is CN[C@@H](c1ccccc1)C(O)(c1ccccc1)c1ccccc1. The van der Waals surface area contributed by atoms with Crippen molar-refractivity contribution in [1.82, 2.24) is 5.32 Å². The molecular formula is C21H21NO. The van der Waals surface area contributed by atoms with Crippen LogP contribution in [0.5, 0.6) is 0 Å². The highest BCUT2D eigenvalue weighted by molar-refractivity contribution is 5.41. The van der Waals surface area contributed by atoms with E-state index in [0.29, 0.717) is 0 Å². The highest BCUT2D eigenvalue weighted by Gasteiger charge is 2.40. The van der Waals surface area contributed by atoms with Crippen LogP contribution in [0.4, 0.5) is 0 Å². The van der Waals surface area contributed by atoms with Crippen LogP contribution in [-0.4, -0.2) is 12.2 Å². The van der Waals surface area contributed by atoms with Gasteiger partial charge in [0.1, 0.15) is 5.60 Å². The van der Waals surface area contributed by atoms with Gasteiger partial charge in [0, 0.05) is 0 Å². The summed E-state index contributed by atoms with van der Waals surface area (Å²) in [5.41, 5.74) is 1.63. The molecule has 2 N–H and O–H groups in total. The van der Waals surface area contributed by atoms with Crippen LogP contribution in [0.2, 0.25) is 0 Å². The predicted octanol–water partition coefficient (Wildman–Crippen LogP) is 3.88. The van der Waals surface area contributed by atoms with E-state index in [-0.39, 0.29) is 6.04 Å². The van der Waals surface area contributed by atoms with Crippen LogP contribution in [0.25, 0.3) is 0 Å². The summed E-state index contributed by atoms with van der Waals surface area (Å²) in [7, 11) is 1.88. The molecule has 0 unspecified atom stereocenters. The zero-order chi connectivity index (χ0) is 16.1. The van der Waals surface area contributed by atoms with E-state index in [2.05, 4.69) is 5.32 Å². The maximum Gasteiger partial charge on any atom is 0.134 e. The minimum absolute atomic E-state index is 0.256. The Kier molecular flexibility index (Phi) is 4.56. The third-order valence-corrected chi connectivity index (χ3v) is 4.27. The highest BCUT2D eigenvalue weighted by atomic mass is 16.3. The minimum Gasteiger partial charge on any atom is -0.378 e. The molecule has 0 aliphatic carbocycles. The quantitative estimate of drug-likeness (QED) is 0.749. The number of nitrogens with one attached hydrogen (secondary N) is 1. The molecule has 116 valence electrons. The molecule has 0 aromatic heterocycles. The summed E-state index contributed by atoms with van der Waals surface area (Å²) in [6.45, 7) is 0. The van der Waals surface area contributed by atoms with Gasteiger partial charge in [0.2, 0.25) is 0 Å². The molecule has 0 saturated carbocycles. The number of hydrogen-bond acceptors (Lipinski definition) is 2. The van der Waals surface area contributed by atoms with Gasteiger partial charge in [-0.2, -0.15) is 0 Å². The van der Waals surface area contributed by atoms with E-state index in [1.54, 1.807) is 0 Å². The van der Waals surface area contributed by atoms with Crippen LogP contribution in [0.3, 0.4) is 0 Å². The molecule has 0 bridgehead atoms. The van der Waals surface area contributed by atoms with Crippen LogP contribution in [0.1, 0.15) is 22.7 Å². The van der Waals surface area contributed by atoms with Crippen molar-refractivity contribution in [3.8, 4) is 0 Å². The molecule has 3 rings (SSSR count). The molecule has 0 saturated heterocycles. The second kappa shape index (κ2) is 6.78. The molecular weight excluding hydrogens is 282 g/mol. The second-order valence-corrected chi connectivity index (χ2v) is 5.63. The van der Waals surface area contributed by atoms with E-state index in [1.165, 1.54) is 0 Å². The van der Waals surface area contributed by atoms with Gasteiger partial charge < -0.3 is 10.4 Å². The van der Waals surface area contributed by atoms with E-state index in [1.807, 2.05) is 98.0 Å². The van der Waals surface area contributed by atoms with Gasteiger partial charge in [-0.3, -0.25) is 0 Å². The molecule has 3 aromatic rings. The number of benzene rings is 3. The van der Waals surface area contributed by atoms with Gasteiger partial charge in [-0.15, -0.1) is 0 Å². The molecule has 1 atom stereocenters. The van der Waals surface area contributed by atoms with Gasteiger partial charge in [-0.1, -0.05) is 91.0 Å². The number of hydrogen-bond donors (Lipinski definition) is 2. The summed E-state index contributed by atoms with van der Waals surface area (Å²) >= 11 is 0. The van der Waals surface area contributed by atoms with E-state index in [4.69, 9.17) is 0 Å². The van der Waals surface area contributed by atoms with Crippen molar-refractivity contribution in [3.63, 3.8) is 0 Å². The smallest absolute Gasteiger partial charge is 0.134 e. The lowest BCUT2D eigenvalue weighted by molar-refractivity contribution is 0.0392. The third-order valence-electron chi connectivity index (χ3n) is 4.27. The Morgan fingerprint density at radius 3 is 1.48 bits per heavy atom. The first-order valence-electron chi connectivity index (χ1n) is 7.82. The highest BCUT2D eigenvalue weighted by Crippen LogP contribution is 2.40. The maximum atomic E-state index is 11.8. The third kappa shape index (κ3) is 2.91. The average molecular weight is 303 g/mol. The molecule has 0 amide bonds. The lowest BCUT2D eigenvalue weighted by Gasteiger charge is -2.37. The molecule has 0 aliphatic rings. The van der Waals surface area contributed by atoms with Crippen LogP contribution in [-0.2, 0) is 5.60 Å². The Bertz CT molecular complexity index is 686. The molecule has 2 heteroatoms. The predicted molar refractivity (Wildman–Crippen MR) is 94.1 cm³/mol. The fourth-order valence-electron chi connectivity index (χ4n) is 3.15. The Morgan fingerprint density at radius 2 is 1.09 bits per heavy atom. The summed E-state index contributed by atoms with van der Waals surface area (Å²) in [6.07, 6.45) is 0. The van der Waals surface area contributed by atoms with Gasteiger partial charge in [0.15, 0.2) is 0 Å². The first-order valence-corrected chi connectivity index (χ1v) is 7.82. The van der Waals surface area contributed by atoms with E-state index < -0.39 is 5.60 Å². The van der Waals surface area contributed by atoms with E-state index in [9.17, 15) is 5.11 Å². The van der Waals surface area contributed by atoms with Crippen LogP contribution in [0, 0.1) is 0 Å². The minimum atomic E-state index is -1.15. The molecule has 23 heavy (non-hydrogen) atoms. The Labute approximate surface area is 137 Å². The number of likely N-dealkylation sites (N-methyl/N-ethyl adjacent to an activating group) is 1. The number of rotatable bonds is 5. The van der Waals surface area contributed by atoms with Crippen LogP contribution < -0.4 is 5.32 Å². The van der Waals surface area contributed by atoms with Gasteiger partial charge in [-0.25, -0.2) is 0 Å². The molecule has 0 spiro atoms. The summed E-state index contributed by atoms with van der Waals surface area (Å²) in [5.74, 6) is 0. The van der Waals surface area contributed by atoms with Gasteiger partial charge >= 0.3 is 0 Å². The average Bonchev–Trinajstić information content (AvgIpc) is 2.64. The second-order valence-electron chi connectivity index (χ2n) is 5.63. The fourth-order valence-corrected chi connectivity index (χ4v) is 3.15. The van der Waals surface area contributed by atoms with Crippen molar-refractivity contribution in [2.24, 2.45) is 0 Å². The van der Waals surface area contributed by atoms with E-state index >= 15 is 0 Å². The molecule has 0 heterocycles. The summed E-state index contributed by atoms with van der Waals surface area (Å²) in [4.78, 5) is 0. The monoisotopic (exact) mass is 303 g/mol. The summed E-state index contributed by atoms with van der Waals surface area (Å²) in [5, 5.41) is 15.1.